The number of allylic oxidation sites excluding steroid dienone is 4. The number of carbonyl (C=O) groups excluding carboxylic acids is 4. The van der Waals surface area contributed by atoms with Crippen molar-refractivity contribution in [1.82, 2.24) is 0 Å². The lowest BCUT2D eigenvalue weighted by Crippen LogP contribution is -2.30. The molecule has 0 heterocycles. The van der Waals surface area contributed by atoms with Crippen LogP contribution in [0.3, 0.4) is 0 Å². The first-order valence-electron chi connectivity index (χ1n) is 40.8. The summed E-state index contributed by atoms with van der Waals surface area (Å²) >= 11 is 0. The maximum absolute atomic E-state index is 13.1. The highest BCUT2D eigenvalue weighted by atomic mass is 31.2. The van der Waals surface area contributed by atoms with Crippen molar-refractivity contribution >= 4 is 39.5 Å². The molecular weight excluding hydrogens is 1290 g/mol. The number of carbonyl (C=O) groups is 4. The standard InChI is InChI=1S/C80H152O17P2/c1-7-9-11-13-15-17-19-21-23-24-25-27-29-31-40-46-52-58-64-79(84)96-75(68-90-77(82)62-56-50-44-38-30-28-26-22-20-18-16-14-12-10-8-2)70-94-98(86,87)92-66-74(81)67-93-99(88,89)95-71-76(97-80(85)65-59-53-47-41-35-33-37-43-49-55-61-73(5)6)69-91-78(83)63-57-51-45-39-34-32-36-42-48-54-60-72(3)4/h18,20,22,26,72-76,81H,7-17,19,21,23-25,27-71H2,1-6H3,(H,86,87)(H,88,89)/b20-18-,26-22-/t74-,75-,76-/m1/s1. The van der Waals surface area contributed by atoms with E-state index >= 15 is 0 Å². The molecule has 99 heavy (non-hydrogen) atoms. The molecule has 584 valence electrons. The van der Waals surface area contributed by atoms with E-state index in [1.165, 1.54) is 193 Å². The zero-order chi connectivity index (χ0) is 72.8. The van der Waals surface area contributed by atoms with E-state index in [9.17, 15) is 43.2 Å². The fourth-order valence-corrected chi connectivity index (χ4v) is 13.4. The van der Waals surface area contributed by atoms with Crippen LogP contribution in [0.2, 0.25) is 0 Å². The summed E-state index contributed by atoms with van der Waals surface area (Å²) in [5, 5.41) is 10.6. The van der Waals surface area contributed by atoms with Crippen molar-refractivity contribution in [3.8, 4) is 0 Å². The Kier molecular flexibility index (Phi) is 69.4. The molecule has 0 spiro atoms. The summed E-state index contributed by atoms with van der Waals surface area (Å²) in [5.41, 5.74) is 0. The van der Waals surface area contributed by atoms with E-state index in [-0.39, 0.29) is 25.7 Å². The quantitative estimate of drug-likeness (QED) is 0.0169. The van der Waals surface area contributed by atoms with Crippen LogP contribution in [-0.4, -0.2) is 96.7 Å². The molecule has 0 amide bonds. The van der Waals surface area contributed by atoms with Gasteiger partial charge in [-0.05, 0) is 63.2 Å². The topological polar surface area (TPSA) is 237 Å². The SMILES string of the molecule is CCCCCC/C=C\C=C/CCCCCCCC(=O)OC[C@H](COP(=O)(O)OC[C@@H](O)COP(=O)(O)OC[C@@H](COC(=O)CCCCCCCCCCCCC(C)C)OC(=O)CCCCCCCCCCCCC(C)C)OC(=O)CCCCCCCCCCCCCCCCCCCC. The van der Waals surface area contributed by atoms with Gasteiger partial charge < -0.3 is 33.8 Å². The molecule has 0 saturated heterocycles. The normalized spacial score (nSPS) is 14.1. The van der Waals surface area contributed by atoms with Gasteiger partial charge in [-0.3, -0.25) is 37.3 Å². The van der Waals surface area contributed by atoms with Gasteiger partial charge in [0, 0.05) is 25.7 Å². The van der Waals surface area contributed by atoms with Gasteiger partial charge in [-0.25, -0.2) is 9.13 Å². The number of aliphatic hydroxyl groups excluding tert-OH is 1. The average molecular weight is 1450 g/mol. The van der Waals surface area contributed by atoms with Gasteiger partial charge in [-0.15, -0.1) is 0 Å². The van der Waals surface area contributed by atoms with E-state index in [2.05, 4.69) is 65.8 Å². The predicted octanol–water partition coefficient (Wildman–Crippen LogP) is 23.4. The fraction of sp³-hybridized carbons (Fsp3) is 0.900. The number of rotatable bonds is 77. The monoisotopic (exact) mass is 1450 g/mol. The number of hydrogen-bond donors (Lipinski definition) is 3. The lowest BCUT2D eigenvalue weighted by molar-refractivity contribution is -0.161. The van der Waals surface area contributed by atoms with Gasteiger partial charge in [-0.2, -0.15) is 0 Å². The van der Waals surface area contributed by atoms with Crippen LogP contribution in [0.25, 0.3) is 0 Å². The zero-order valence-electron chi connectivity index (χ0n) is 64.3. The number of aliphatic hydroxyl groups is 1. The van der Waals surface area contributed by atoms with Crippen molar-refractivity contribution in [3.63, 3.8) is 0 Å². The molecule has 0 aliphatic rings. The summed E-state index contributed by atoms with van der Waals surface area (Å²) in [4.78, 5) is 73.0. The lowest BCUT2D eigenvalue weighted by atomic mass is 10.0. The van der Waals surface area contributed by atoms with Crippen LogP contribution < -0.4 is 0 Å². The minimum Gasteiger partial charge on any atom is -0.462 e. The van der Waals surface area contributed by atoms with Crippen molar-refractivity contribution in [2.24, 2.45) is 11.8 Å². The molecular formula is C80H152O17P2. The Balaban J connectivity index is 5.29. The molecule has 2 unspecified atom stereocenters. The van der Waals surface area contributed by atoms with Crippen LogP contribution in [0.1, 0.15) is 395 Å². The third-order valence-corrected chi connectivity index (χ3v) is 20.0. The Morgan fingerprint density at radius 2 is 0.545 bits per heavy atom. The third kappa shape index (κ3) is 73.6. The number of phosphoric ester groups is 2. The second kappa shape index (κ2) is 71.2. The number of esters is 4. The van der Waals surface area contributed by atoms with Crippen molar-refractivity contribution in [2.75, 3.05) is 39.6 Å². The molecule has 0 aromatic rings. The molecule has 0 bridgehead atoms. The molecule has 0 radical (unpaired) electrons. The van der Waals surface area contributed by atoms with Crippen LogP contribution in [0.4, 0.5) is 0 Å². The Morgan fingerprint density at radius 3 is 0.828 bits per heavy atom. The summed E-state index contributed by atoms with van der Waals surface area (Å²) in [6.45, 7) is 9.54. The molecule has 5 atom stereocenters. The summed E-state index contributed by atoms with van der Waals surface area (Å²) in [5.74, 6) is -0.633. The number of unbranched alkanes of at least 4 members (excludes halogenated alkanes) is 44. The fourth-order valence-electron chi connectivity index (χ4n) is 11.8. The van der Waals surface area contributed by atoms with E-state index in [1.807, 2.05) is 0 Å². The summed E-state index contributed by atoms with van der Waals surface area (Å²) < 4.78 is 68.7. The van der Waals surface area contributed by atoms with Crippen molar-refractivity contribution in [2.45, 2.75) is 413 Å². The Morgan fingerprint density at radius 1 is 0.313 bits per heavy atom. The molecule has 0 aliphatic heterocycles. The molecule has 17 nitrogen and oxygen atoms in total. The molecule has 19 heteroatoms. The summed E-state index contributed by atoms with van der Waals surface area (Å²) in [7, 11) is -9.93. The first-order chi connectivity index (χ1) is 47.9. The predicted molar refractivity (Wildman–Crippen MR) is 404 cm³/mol. The van der Waals surface area contributed by atoms with E-state index in [0.29, 0.717) is 25.7 Å². The smallest absolute Gasteiger partial charge is 0.462 e. The van der Waals surface area contributed by atoms with Crippen molar-refractivity contribution in [3.05, 3.63) is 24.3 Å². The van der Waals surface area contributed by atoms with E-state index in [4.69, 9.17) is 37.0 Å². The summed E-state index contributed by atoms with van der Waals surface area (Å²) in [6, 6.07) is 0. The molecule has 0 aromatic heterocycles. The minimum absolute atomic E-state index is 0.102. The second-order valence-corrected chi connectivity index (χ2v) is 32.0. The molecule has 0 saturated carbocycles. The van der Waals surface area contributed by atoms with Crippen LogP contribution in [-0.2, 0) is 65.4 Å². The summed E-state index contributed by atoms with van der Waals surface area (Å²) in [6.07, 6.45) is 63.2. The third-order valence-electron chi connectivity index (χ3n) is 18.1. The van der Waals surface area contributed by atoms with Gasteiger partial charge in [-0.1, -0.05) is 342 Å². The lowest BCUT2D eigenvalue weighted by Gasteiger charge is -2.21. The Labute approximate surface area is 605 Å². The van der Waals surface area contributed by atoms with Gasteiger partial charge in [0.2, 0.25) is 0 Å². The van der Waals surface area contributed by atoms with E-state index in [0.717, 1.165) is 121 Å². The van der Waals surface area contributed by atoms with Gasteiger partial charge in [0.05, 0.1) is 26.4 Å². The molecule has 0 fully saturated rings. The number of phosphoric acid groups is 2. The minimum atomic E-state index is -4.97. The molecule has 0 aliphatic carbocycles. The largest absolute Gasteiger partial charge is 0.472 e. The van der Waals surface area contributed by atoms with E-state index < -0.39 is 97.5 Å². The van der Waals surface area contributed by atoms with Crippen LogP contribution in [0, 0.1) is 11.8 Å². The number of hydrogen-bond acceptors (Lipinski definition) is 15. The average Bonchev–Trinajstić information content (AvgIpc) is 0.983. The van der Waals surface area contributed by atoms with Crippen molar-refractivity contribution < 1.29 is 80.2 Å². The maximum atomic E-state index is 13.1. The van der Waals surface area contributed by atoms with Crippen molar-refractivity contribution in [1.29, 1.82) is 0 Å². The maximum Gasteiger partial charge on any atom is 0.472 e. The van der Waals surface area contributed by atoms with Gasteiger partial charge in [0.1, 0.15) is 19.3 Å². The molecule has 0 rings (SSSR count). The highest BCUT2D eigenvalue weighted by molar-refractivity contribution is 7.47. The highest BCUT2D eigenvalue weighted by Gasteiger charge is 2.30. The first kappa shape index (κ1) is 96.5. The molecule has 0 aromatic carbocycles. The van der Waals surface area contributed by atoms with E-state index in [1.54, 1.807) is 0 Å². The van der Waals surface area contributed by atoms with Gasteiger partial charge in [0.25, 0.3) is 0 Å². The van der Waals surface area contributed by atoms with Crippen LogP contribution in [0.15, 0.2) is 24.3 Å². The van der Waals surface area contributed by atoms with Crippen LogP contribution in [0.5, 0.6) is 0 Å². The zero-order valence-corrected chi connectivity index (χ0v) is 66.1. The Hall–Kier alpha value is -2.46. The van der Waals surface area contributed by atoms with Gasteiger partial charge >= 0.3 is 39.5 Å². The first-order valence-corrected chi connectivity index (χ1v) is 43.8. The van der Waals surface area contributed by atoms with Gasteiger partial charge in [0.15, 0.2) is 12.2 Å². The Bertz CT molecular complexity index is 2000. The second-order valence-electron chi connectivity index (χ2n) is 29.1. The number of ether oxygens (including phenoxy) is 4. The highest BCUT2D eigenvalue weighted by Crippen LogP contribution is 2.45. The van der Waals surface area contributed by atoms with Crippen LogP contribution >= 0.6 is 15.6 Å². The molecule has 3 N–H and O–H groups in total.